The topological polar surface area (TPSA) is 127 Å². The zero-order valence-electron chi connectivity index (χ0n) is 18.4. The molecule has 172 valence electrons. The number of methoxy groups -OCH3 is 4. The summed E-state index contributed by atoms with van der Waals surface area (Å²) in [6.07, 6.45) is 3.38. The second-order valence-corrected chi connectivity index (χ2v) is 6.66. The van der Waals surface area contributed by atoms with Crippen LogP contribution in [0.4, 0.5) is 0 Å². The van der Waals surface area contributed by atoms with Gasteiger partial charge in [-0.15, -0.1) is 0 Å². The number of nitrogens with two attached hydrogens (primary N) is 1. The molecule has 2 aromatic carbocycles. The van der Waals surface area contributed by atoms with Gasteiger partial charge < -0.3 is 34.5 Å². The minimum Gasteiger partial charge on any atom is -0.493 e. The van der Waals surface area contributed by atoms with Crippen molar-refractivity contribution in [2.75, 3.05) is 28.4 Å². The van der Waals surface area contributed by atoms with Crippen molar-refractivity contribution in [3.63, 3.8) is 0 Å². The van der Waals surface area contributed by atoms with Gasteiger partial charge in [0.1, 0.15) is 6.04 Å². The highest BCUT2D eigenvalue weighted by Crippen LogP contribution is 2.38. The van der Waals surface area contributed by atoms with Crippen LogP contribution in [0, 0.1) is 0 Å². The number of ether oxygens (including phenoxy) is 5. The molecule has 0 saturated heterocycles. The zero-order chi connectivity index (χ0) is 23.7. The molecule has 0 unspecified atom stereocenters. The molecule has 0 bridgehead atoms. The van der Waals surface area contributed by atoms with E-state index in [1.807, 2.05) is 12.2 Å². The Kier molecular flexibility index (Phi) is 8.91. The fraction of sp³-hybridized carbons (Fsp3) is 0.304. The summed E-state index contributed by atoms with van der Waals surface area (Å²) in [4.78, 5) is 22.9. The Morgan fingerprint density at radius 1 is 0.875 bits per heavy atom. The molecule has 0 radical (unpaired) electrons. The van der Waals surface area contributed by atoms with E-state index < -0.39 is 18.0 Å². The highest BCUT2D eigenvalue weighted by molar-refractivity contribution is 5.80. The second-order valence-electron chi connectivity index (χ2n) is 6.66. The number of hydrogen-bond acceptors (Lipinski definition) is 8. The third-order valence-corrected chi connectivity index (χ3v) is 4.53. The van der Waals surface area contributed by atoms with E-state index in [0.717, 1.165) is 11.1 Å². The molecule has 9 heteroatoms. The van der Waals surface area contributed by atoms with Crippen molar-refractivity contribution < 1.29 is 38.4 Å². The molecule has 0 aromatic heterocycles. The van der Waals surface area contributed by atoms with Crippen LogP contribution in [0.15, 0.2) is 30.3 Å². The number of carbonyl (C=O) groups is 2. The van der Waals surface area contributed by atoms with Gasteiger partial charge in [0, 0.05) is 6.42 Å². The van der Waals surface area contributed by atoms with Gasteiger partial charge in [-0.25, -0.2) is 4.79 Å². The SMILES string of the molecule is COc1ccc(C=Cc2cc(OC)c(OC)c(OC)c2)cc1OC(=O)[C@@H](N)CCC(=O)O. The molecule has 9 nitrogen and oxygen atoms in total. The monoisotopic (exact) mass is 445 g/mol. The van der Waals surface area contributed by atoms with Crippen molar-refractivity contribution in [3.05, 3.63) is 41.5 Å². The predicted octanol–water partition coefficient (Wildman–Crippen LogP) is 2.99. The van der Waals surface area contributed by atoms with E-state index in [-0.39, 0.29) is 18.6 Å². The Hall–Kier alpha value is -3.72. The molecule has 0 fully saturated rings. The molecule has 1 atom stereocenters. The van der Waals surface area contributed by atoms with Crippen LogP contribution < -0.4 is 29.4 Å². The van der Waals surface area contributed by atoms with Crippen LogP contribution >= 0.6 is 0 Å². The van der Waals surface area contributed by atoms with Crippen molar-refractivity contribution in [2.24, 2.45) is 5.73 Å². The van der Waals surface area contributed by atoms with Crippen LogP contribution in [0.3, 0.4) is 0 Å². The van der Waals surface area contributed by atoms with E-state index in [0.29, 0.717) is 23.0 Å². The van der Waals surface area contributed by atoms with Crippen molar-refractivity contribution in [1.82, 2.24) is 0 Å². The summed E-state index contributed by atoms with van der Waals surface area (Å²) in [5, 5.41) is 8.74. The number of aliphatic carboxylic acids is 1. The van der Waals surface area contributed by atoms with Gasteiger partial charge in [0.05, 0.1) is 28.4 Å². The van der Waals surface area contributed by atoms with Gasteiger partial charge in [-0.2, -0.15) is 0 Å². The first-order valence-electron chi connectivity index (χ1n) is 9.68. The van der Waals surface area contributed by atoms with Crippen LogP contribution in [0.25, 0.3) is 12.2 Å². The van der Waals surface area contributed by atoms with Crippen molar-refractivity contribution >= 4 is 24.1 Å². The summed E-state index contributed by atoms with van der Waals surface area (Å²) in [5.41, 5.74) is 7.25. The summed E-state index contributed by atoms with van der Waals surface area (Å²) in [6.45, 7) is 0. The lowest BCUT2D eigenvalue weighted by Crippen LogP contribution is -2.34. The molecular formula is C23H27NO8. The summed E-state index contributed by atoms with van der Waals surface area (Å²) in [6, 6.07) is 7.59. The molecule has 0 aliphatic carbocycles. The van der Waals surface area contributed by atoms with Gasteiger partial charge in [0.15, 0.2) is 23.0 Å². The van der Waals surface area contributed by atoms with E-state index >= 15 is 0 Å². The van der Waals surface area contributed by atoms with Gasteiger partial charge in [-0.1, -0.05) is 18.2 Å². The number of carbonyl (C=O) groups excluding carboxylic acids is 1. The molecule has 0 amide bonds. The summed E-state index contributed by atoms with van der Waals surface area (Å²) >= 11 is 0. The Bertz CT molecular complexity index is 961. The van der Waals surface area contributed by atoms with E-state index in [9.17, 15) is 9.59 Å². The number of rotatable bonds is 11. The summed E-state index contributed by atoms with van der Waals surface area (Å²) in [7, 11) is 6.05. The van der Waals surface area contributed by atoms with Gasteiger partial charge in [0.25, 0.3) is 0 Å². The fourth-order valence-corrected chi connectivity index (χ4v) is 2.85. The van der Waals surface area contributed by atoms with Crippen molar-refractivity contribution in [2.45, 2.75) is 18.9 Å². The number of benzene rings is 2. The first-order chi connectivity index (χ1) is 15.3. The molecule has 0 spiro atoms. The smallest absolute Gasteiger partial charge is 0.328 e. The first-order valence-corrected chi connectivity index (χ1v) is 9.68. The highest BCUT2D eigenvalue weighted by atomic mass is 16.6. The first kappa shape index (κ1) is 24.5. The molecule has 0 saturated carbocycles. The fourth-order valence-electron chi connectivity index (χ4n) is 2.85. The van der Waals surface area contributed by atoms with Crippen molar-refractivity contribution in [1.29, 1.82) is 0 Å². The second kappa shape index (κ2) is 11.6. The molecule has 32 heavy (non-hydrogen) atoms. The molecule has 0 aliphatic heterocycles. The minimum absolute atomic E-state index is 0.0305. The molecule has 2 rings (SSSR count). The molecule has 0 heterocycles. The molecular weight excluding hydrogens is 418 g/mol. The standard InChI is InChI=1S/C23H27NO8/c1-28-17-9-7-14(11-18(17)32-23(27)16(24)8-10-21(25)26)5-6-15-12-19(29-2)22(31-4)20(13-15)30-3/h5-7,9,11-13,16H,8,10,24H2,1-4H3,(H,25,26)/t16-/m0/s1. The molecule has 0 aliphatic rings. The minimum atomic E-state index is -1.06. The number of esters is 1. The Balaban J connectivity index is 2.26. The van der Waals surface area contributed by atoms with Crippen molar-refractivity contribution in [3.8, 4) is 28.7 Å². The third-order valence-electron chi connectivity index (χ3n) is 4.53. The lowest BCUT2D eigenvalue weighted by Gasteiger charge is -2.13. The van der Waals surface area contributed by atoms with E-state index in [4.69, 9.17) is 34.5 Å². The van der Waals surface area contributed by atoms with Crippen LogP contribution in [-0.4, -0.2) is 51.5 Å². The maximum atomic E-state index is 12.2. The number of carboxylic acid groups (broad SMARTS) is 1. The lowest BCUT2D eigenvalue weighted by atomic mass is 10.1. The highest BCUT2D eigenvalue weighted by Gasteiger charge is 2.19. The largest absolute Gasteiger partial charge is 0.493 e. The van der Waals surface area contributed by atoms with Gasteiger partial charge in [-0.05, 0) is 41.8 Å². The maximum Gasteiger partial charge on any atom is 0.328 e. The van der Waals surface area contributed by atoms with Gasteiger partial charge >= 0.3 is 11.9 Å². The third kappa shape index (κ3) is 6.39. The zero-order valence-corrected chi connectivity index (χ0v) is 18.4. The average molecular weight is 445 g/mol. The quantitative estimate of drug-likeness (QED) is 0.305. The summed E-state index contributed by atoms with van der Waals surface area (Å²) in [5.74, 6) is 0.270. The normalized spacial score (nSPS) is 11.7. The van der Waals surface area contributed by atoms with Gasteiger partial charge in [-0.3, -0.25) is 4.79 Å². The Morgan fingerprint density at radius 2 is 1.44 bits per heavy atom. The predicted molar refractivity (Wildman–Crippen MR) is 119 cm³/mol. The van der Waals surface area contributed by atoms with Crippen LogP contribution in [-0.2, 0) is 9.59 Å². The van der Waals surface area contributed by atoms with Crippen LogP contribution in [0.2, 0.25) is 0 Å². The molecule has 2 aromatic rings. The average Bonchev–Trinajstić information content (AvgIpc) is 2.80. The maximum absolute atomic E-state index is 12.2. The lowest BCUT2D eigenvalue weighted by molar-refractivity contribution is -0.138. The number of hydrogen-bond donors (Lipinski definition) is 2. The summed E-state index contributed by atoms with van der Waals surface area (Å²) < 4.78 is 26.6. The van der Waals surface area contributed by atoms with E-state index in [1.165, 1.54) is 28.4 Å². The van der Waals surface area contributed by atoms with E-state index in [1.54, 1.807) is 30.3 Å². The van der Waals surface area contributed by atoms with Gasteiger partial charge in [0.2, 0.25) is 5.75 Å². The van der Waals surface area contributed by atoms with E-state index in [2.05, 4.69) is 0 Å². The number of carboxylic acids is 1. The van der Waals surface area contributed by atoms with Crippen LogP contribution in [0.5, 0.6) is 28.7 Å². The van der Waals surface area contributed by atoms with Crippen LogP contribution in [0.1, 0.15) is 24.0 Å². The molecule has 3 N–H and O–H groups in total. The Labute approximate surface area is 186 Å². The Morgan fingerprint density at radius 3 is 1.97 bits per heavy atom.